The van der Waals surface area contributed by atoms with Crippen molar-refractivity contribution in [3.8, 4) is 11.5 Å². The van der Waals surface area contributed by atoms with Crippen LogP contribution in [0.3, 0.4) is 0 Å². The second-order valence-electron chi connectivity index (χ2n) is 4.62. The molecular weight excluding hydrogens is 230 g/mol. The first-order valence-corrected chi connectivity index (χ1v) is 6.38. The average molecular weight is 251 g/mol. The van der Waals surface area contributed by atoms with Crippen LogP contribution in [0.5, 0.6) is 11.5 Å². The molecule has 0 amide bonds. The molecule has 0 bridgehead atoms. The van der Waals surface area contributed by atoms with Crippen LogP contribution < -0.4 is 15.2 Å². The van der Waals surface area contributed by atoms with Gasteiger partial charge >= 0.3 is 0 Å². The summed E-state index contributed by atoms with van der Waals surface area (Å²) in [5, 5.41) is 0. The van der Waals surface area contributed by atoms with Gasteiger partial charge in [0.2, 0.25) is 0 Å². The molecule has 1 saturated heterocycles. The Balaban J connectivity index is 2.17. The first kappa shape index (κ1) is 13.2. The standard InChI is InChI=1S/C14H21NO3/c1-10(15)13-4-3-12(16-2)9-14(13)18-11-5-7-17-8-6-11/h3-4,9-11H,5-8,15H2,1-2H3/t10-/m0/s1. The van der Waals surface area contributed by atoms with Crippen molar-refractivity contribution in [3.63, 3.8) is 0 Å². The summed E-state index contributed by atoms with van der Waals surface area (Å²) < 4.78 is 16.6. The van der Waals surface area contributed by atoms with E-state index in [9.17, 15) is 0 Å². The van der Waals surface area contributed by atoms with E-state index in [1.807, 2.05) is 25.1 Å². The fourth-order valence-electron chi connectivity index (χ4n) is 2.09. The minimum absolute atomic E-state index is 0.0502. The highest BCUT2D eigenvalue weighted by Crippen LogP contribution is 2.30. The number of benzene rings is 1. The van der Waals surface area contributed by atoms with Crippen molar-refractivity contribution in [1.29, 1.82) is 0 Å². The molecule has 2 rings (SSSR count). The van der Waals surface area contributed by atoms with Crippen LogP contribution in [-0.4, -0.2) is 26.4 Å². The van der Waals surface area contributed by atoms with E-state index >= 15 is 0 Å². The average Bonchev–Trinajstić information content (AvgIpc) is 2.39. The van der Waals surface area contributed by atoms with Crippen molar-refractivity contribution in [3.05, 3.63) is 23.8 Å². The maximum Gasteiger partial charge on any atom is 0.128 e. The van der Waals surface area contributed by atoms with Gasteiger partial charge in [-0.05, 0) is 13.0 Å². The molecule has 1 heterocycles. The smallest absolute Gasteiger partial charge is 0.128 e. The zero-order valence-electron chi connectivity index (χ0n) is 11.0. The van der Waals surface area contributed by atoms with Gasteiger partial charge in [-0.2, -0.15) is 0 Å². The van der Waals surface area contributed by atoms with Gasteiger partial charge in [-0.1, -0.05) is 6.07 Å². The summed E-state index contributed by atoms with van der Waals surface area (Å²) in [6, 6.07) is 5.74. The van der Waals surface area contributed by atoms with Gasteiger partial charge in [-0.15, -0.1) is 0 Å². The van der Waals surface area contributed by atoms with E-state index in [-0.39, 0.29) is 12.1 Å². The lowest BCUT2D eigenvalue weighted by Gasteiger charge is -2.25. The van der Waals surface area contributed by atoms with Crippen LogP contribution in [0.15, 0.2) is 18.2 Å². The van der Waals surface area contributed by atoms with E-state index in [1.165, 1.54) is 0 Å². The van der Waals surface area contributed by atoms with Crippen molar-refractivity contribution in [2.75, 3.05) is 20.3 Å². The first-order chi connectivity index (χ1) is 8.70. The molecule has 1 atom stereocenters. The quantitative estimate of drug-likeness (QED) is 0.892. The molecule has 0 aromatic heterocycles. The van der Waals surface area contributed by atoms with Crippen molar-refractivity contribution in [2.45, 2.75) is 31.9 Å². The van der Waals surface area contributed by atoms with Crippen molar-refractivity contribution < 1.29 is 14.2 Å². The SMILES string of the molecule is COc1ccc([C@H](C)N)c(OC2CCOCC2)c1. The summed E-state index contributed by atoms with van der Waals surface area (Å²) in [5.74, 6) is 1.62. The Hall–Kier alpha value is -1.26. The zero-order chi connectivity index (χ0) is 13.0. The van der Waals surface area contributed by atoms with Crippen LogP contribution in [-0.2, 0) is 4.74 Å². The zero-order valence-corrected chi connectivity index (χ0v) is 11.0. The Kier molecular flexibility index (Phi) is 4.44. The topological polar surface area (TPSA) is 53.7 Å². The number of rotatable bonds is 4. The van der Waals surface area contributed by atoms with Gasteiger partial charge in [0.05, 0.1) is 20.3 Å². The van der Waals surface area contributed by atoms with E-state index in [2.05, 4.69) is 0 Å². The Morgan fingerprint density at radius 3 is 2.67 bits per heavy atom. The predicted molar refractivity (Wildman–Crippen MR) is 70.1 cm³/mol. The second-order valence-corrected chi connectivity index (χ2v) is 4.62. The highest BCUT2D eigenvalue weighted by atomic mass is 16.5. The fourth-order valence-corrected chi connectivity index (χ4v) is 2.09. The lowest BCUT2D eigenvalue weighted by atomic mass is 10.1. The monoisotopic (exact) mass is 251 g/mol. The Labute approximate surface area is 108 Å². The third-order valence-corrected chi connectivity index (χ3v) is 3.17. The molecule has 18 heavy (non-hydrogen) atoms. The molecule has 1 aliphatic heterocycles. The van der Waals surface area contributed by atoms with Crippen LogP contribution >= 0.6 is 0 Å². The molecule has 0 radical (unpaired) electrons. The van der Waals surface area contributed by atoms with E-state index in [0.29, 0.717) is 0 Å². The number of hydrogen-bond acceptors (Lipinski definition) is 4. The van der Waals surface area contributed by atoms with E-state index in [0.717, 1.165) is 43.1 Å². The molecule has 0 unspecified atom stereocenters. The number of methoxy groups -OCH3 is 1. The predicted octanol–water partition coefficient (Wildman–Crippen LogP) is 2.27. The molecule has 2 N–H and O–H groups in total. The normalized spacial score (nSPS) is 18.4. The number of hydrogen-bond donors (Lipinski definition) is 1. The van der Waals surface area contributed by atoms with E-state index in [4.69, 9.17) is 19.9 Å². The van der Waals surface area contributed by atoms with E-state index in [1.54, 1.807) is 7.11 Å². The lowest BCUT2D eigenvalue weighted by Crippen LogP contribution is -2.26. The van der Waals surface area contributed by atoms with Gasteiger partial charge in [-0.3, -0.25) is 0 Å². The van der Waals surface area contributed by atoms with Gasteiger partial charge in [0, 0.05) is 30.5 Å². The van der Waals surface area contributed by atoms with E-state index < -0.39 is 0 Å². The molecule has 1 aliphatic rings. The highest BCUT2D eigenvalue weighted by molar-refractivity contribution is 5.42. The summed E-state index contributed by atoms with van der Waals surface area (Å²) in [6.45, 7) is 3.49. The third-order valence-electron chi connectivity index (χ3n) is 3.17. The van der Waals surface area contributed by atoms with Crippen LogP contribution in [0.25, 0.3) is 0 Å². The third kappa shape index (κ3) is 3.15. The summed E-state index contributed by atoms with van der Waals surface area (Å²) in [4.78, 5) is 0. The minimum Gasteiger partial charge on any atom is -0.497 e. The van der Waals surface area contributed by atoms with Crippen LogP contribution in [0, 0.1) is 0 Å². The lowest BCUT2D eigenvalue weighted by molar-refractivity contribution is 0.0250. The van der Waals surface area contributed by atoms with Gasteiger partial charge < -0.3 is 19.9 Å². The summed E-state index contributed by atoms with van der Waals surface area (Å²) in [7, 11) is 1.65. The molecule has 0 aliphatic carbocycles. The maximum atomic E-state index is 6.05. The molecular formula is C14H21NO3. The molecule has 4 heteroatoms. The van der Waals surface area contributed by atoms with Crippen molar-refractivity contribution >= 4 is 0 Å². The maximum absolute atomic E-state index is 6.05. The Bertz CT molecular complexity index is 387. The Morgan fingerprint density at radius 1 is 1.33 bits per heavy atom. The minimum atomic E-state index is -0.0502. The summed E-state index contributed by atoms with van der Waals surface area (Å²) in [5.41, 5.74) is 6.98. The summed E-state index contributed by atoms with van der Waals surface area (Å²) >= 11 is 0. The van der Waals surface area contributed by atoms with Gasteiger partial charge in [0.15, 0.2) is 0 Å². The van der Waals surface area contributed by atoms with Crippen molar-refractivity contribution in [2.24, 2.45) is 5.73 Å². The molecule has 1 aromatic rings. The molecule has 0 saturated carbocycles. The molecule has 1 aromatic carbocycles. The van der Waals surface area contributed by atoms with Gasteiger partial charge in [-0.25, -0.2) is 0 Å². The Morgan fingerprint density at radius 2 is 2.06 bits per heavy atom. The largest absolute Gasteiger partial charge is 0.497 e. The van der Waals surface area contributed by atoms with Crippen LogP contribution in [0.4, 0.5) is 0 Å². The summed E-state index contributed by atoms with van der Waals surface area (Å²) in [6.07, 6.45) is 2.06. The molecule has 100 valence electrons. The highest BCUT2D eigenvalue weighted by Gasteiger charge is 2.18. The number of ether oxygens (including phenoxy) is 3. The molecule has 4 nitrogen and oxygen atoms in total. The van der Waals surface area contributed by atoms with Crippen LogP contribution in [0.2, 0.25) is 0 Å². The van der Waals surface area contributed by atoms with Gasteiger partial charge in [0.1, 0.15) is 17.6 Å². The number of nitrogens with two attached hydrogens (primary N) is 1. The molecule has 1 fully saturated rings. The van der Waals surface area contributed by atoms with Gasteiger partial charge in [0.25, 0.3) is 0 Å². The first-order valence-electron chi connectivity index (χ1n) is 6.38. The molecule has 0 spiro atoms. The van der Waals surface area contributed by atoms with Crippen LogP contribution in [0.1, 0.15) is 31.4 Å². The fraction of sp³-hybridized carbons (Fsp3) is 0.571. The second kappa shape index (κ2) is 6.07. The van der Waals surface area contributed by atoms with Crippen molar-refractivity contribution in [1.82, 2.24) is 0 Å².